The standard InChI is InChI=1S/C27H21N3O6/c1-2-27(33)18-8-20-24-16(10-30(20)25(31)17(18)11-34-26(27)32)23(13-3-5-14(28)6-4-13)15-7-21-22(36-12-35-21)9-19(15)29-24/h3-9,33H,2,10-12,28H2,1H3/t27-/m0/s1. The van der Waals surface area contributed by atoms with E-state index in [2.05, 4.69) is 0 Å². The van der Waals surface area contributed by atoms with Gasteiger partial charge in [-0.25, -0.2) is 9.78 Å². The predicted molar refractivity (Wildman–Crippen MR) is 130 cm³/mol. The molecule has 180 valence electrons. The lowest BCUT2D eigenvalue weighted by atomic mass is 9.86. The van der Waals surface area contributed by atoms with Gasteiger partial charge < -0.3 is 29.6 Å². The van der Waals surface area contributed by atoms with Crippen molar-refractivity contribution in [1.29, 1.82) is 0 Å². The molecule has 0 bridgehead atoms. The maximum Gasteiger partial charge on any atom is 0.343 e. The van der Waals surface area contributed by atoms with Crippen molar-refractivity contribution in [3.8, 4) is 34.0 Å². The molecule has 0 saturated heterocycles. The third-order valence-corrected chi connectivity index (χ3v) is 7.38. The average molecular weight is 483 g/mol. The molecule has 0 fully saturated rings. The zero-order chi connectivity index (χ0) is 24.8. The Hall–Kier alpha value is -4.37. The number of nitrogen functional groups attached to an aromatic ring is 1. The highest BCUT2D eigenvalue weighted by atomic mass is 16.7. The molecule has 3 aliphatic rings. The quantitative estimate of drug-likeness (QED) is 0.290. The molecule has 36 heavy (non-hydrogen) atoms. The molecule has 4 aromatic rings. The Morgan fingerprint density at radius 2 is 1.81 bits per heavy atom. The van der Waals surface area contributed by atoms with Crippen molar-refractivity contribution in [2.45, 2.75) is 32.1 Å². The van der Waals surface area contributed by atoms with E-state index >= 15 is 0 Å². The molecule has 0 saturated carbocycles. The van der Waals surface area contributed by atoms with E-state index in [1.54, 1.807) is 17.6 Å². The van der Waals surface area contributed by atoms with Crippen LogP contribution in [0.1, 0.15) is 30.0 Å². The first-order valence-electron chi connectivity index (χ1n) is 11.7. The van der Waals surface area contributed by atoms with Gasteiger partial charge in [-0.3, -0.25) is 4.79 Å². The third kappa shape index (κ3) is 2.66. The summed E-state index contributed by atoms with van der Waals surface area (Å²) in [6, 6.07) is 13.0. The lowest BCUT2D eigenvalue weighted by Gasteiger charge is -2.31. The Balaban J connectivity index is 1.56. The van der Waals surface area contributed by atoms with E-state index in [1.807, 2.05) is 36.4 Å². The normalized spacial score (nSPS) is 19.1. The van der Waals surface area contributed by atoms with Crippen molar-refractivity contribution < 1.29 is 24.1 Å². The van der Waals surface area contributed by atoms with Gasteiger partial charge in [0.25, 0.3) is 5.56 Å². The van der Waals surface area contributed by atoms with Crippen molar-refractivity contribution in [2.75, 3.05) is 12.5 Å². The molecule has 5 heterocycles. The van der Waals surface area contributed by atoms with E-state index in [4.69, 9.17) is 24.9 Å². The molecule has 0 amide bonds. The number of benzene rings is 2. The Labute approximate surface area is 204 Å². The van der Waals surface area contributed by atoms with Gasteiger partial charge in [-0.15, -0.1) is 0 Å². The number of carbonyl (C=O) groups is 1. The van der Waals surface area contributed by atoms with E-state index in [1.165, 1.54) is 0 Å². The number of pyridine rings is 2. The molecule has 0 spiro atoms. The summed E-state index contributed by atoms with van der Waals surface area (Å²) in [6.45, 7) is 1.93. The number of hydrogen-bond donors (Lipinski definition) is 2. The summed E-state index contributed by atoms with van der Waals surface area (Å²) in [5, 5.41) is 12.0. The molecule has 0 radical (unpaired) electrons. The van der Waals surface area contributed by atoms with Crippen molar-refractivity contribution >= 4 is 22.6 Å². The number of fused-ring (bicyclic) bond motifs is 6. The molecule has 9 heteroatoms. The molecule has 2 aromatic carbocycles. The van der Waals surface area contributed by atoms with Crippen LogP contribution in [-0.2, 0) is 28.3 Å². The molecule has 3 N–H and O–H groups in total. The second kappa shape index (κ2) is 7.08. The Morgan fingerprint density at radius 1 is 1.06 bits per heavy atom. The number of ether oxygens (including phenoxy) is 3. The van der Waals surface area contributed by atoms with Crippen LogP contribution in [0.25, 0.3) is 33.4 Å². The van der Waals surface area contributed by atoms with Gasteiger partial charge >= 0.3 is 5.97 Å². The average Bonchev–Trinajstić information content (AvgIpc) is 3.49. The lowest BCUT2D eigenvalue weighted by Crippen LogP contribution is -2.44. The zero-order valence-corrected chi connectivity index (χ0v) is 19.3. The largest absolute Gasteiger partial charge is 0.458 e. The van der Waals surface area contributed by atoms with Crippen molar-refractivity contribution in [3.05, 3.63) is 69.5 Å². The minimum atomic E-state index is -1.88. The summed E-state index contributed by atoms with van der Waals surface area (Å²) in [7, 11) is 0. The van der Waals surface area contributed by atoms with Crippen molar-refractivity contribution in [3.63, 3.8) is 0 Å². The van der Waals surface area contributed by atoms with Crippen LogP contribution >= 0.6 is 0 Å². The topological polar surface area (TPSA) is 126 Å². The molecule has 9 nitrogen and oxygen atoms in total. The van der Waals surface area contributed by atoms with Gasteiger partial charge in [0, 0.05) is 28.3 Å². The van der Waals surface area contributed by atoms with Crippen LogP contribution in [0.5, 0.6) is 11.5 Å². The number of cyclic esters (lactones) is 1. The molecular weight excluding hydrogens is 462 g/mol. The minimum absolute atomic E-state index is 0.0832. The first-order chi connectivity index (χ1) is 17.4. The van der Waals surface area contributed by atoms with E-state index in [0.717, 1.165) is 22.1 Å². The number of anilines is 1. The molecular formula is C27H21N3O6. The van der Waals surface area contributed by atoms with Gasteiger partial charge in [0.05, 0.1) is 29.0 Å². The maximum absolute atomic E-state index is 13.6. The van der Waals surface area contributed by atoms with Crippen LogP contribution in [0.2, 0.25) is 0 Å². The van der Waals surface area contributed by atoms with Crippen LogP contribution in [-0.4, -0.2) is 27.4 Å². The fraction of sp³-hybridized carbons (Fsp3) is 0.222. The van der Waals surface area contributed by atoms with Gasteiger partial charge in [-0.05, 0) is 41.8 Å². The predicted octanol–water partition coefficient (Wildman–Crippen LogP) is 3.06. The van der Waals surface area contributed by atoms with Crippen LogP contribution in [0, 0.1) is 0 Å². The SMILES string of the molecule is CC[C@@]1(O)C(=O)OCc2c1cc1n(c2=O)Cc2c-1nc1cc3c(cc1c2-c1ccc(N)cc1)OCO3. The molecule has 1 atom stereocenters. The summed E-state index contributed by atoms with van der Waals surface area (Å²) in [5.41, 5.74) is 9.51. The summed E-state index contributed by atoms with van der Waals surface area (Å²) < 4.78 is 18.0. The number of hydrogen-bond acceptors (Lipinski definition) is 8. The molecule has 7 rings (SSSR count). The lowest BCUT2D eigenvalue weighted by molar-refractivity contribution is -0.172. The summed E-state index contributed by atoms with van der Waals surface area (Å²) in [5.74, 6) is 0.483. The van der Waals surface area contributed by atoms with Gasteiger partial charge in [0.2, 0.25) is 6.79 Å². The number of nitrogens with two attached hydrogens (primary N) is 1. The van der Waals surface area contributed by atoms with Crippen molar-refractivity contribution in [2.24, 2.45) is 0 Å². The Morgan fingerprint density at radius 3 is 2.56 bits per heavy atom. The van der Waals surface area contributed by atoms with Crippen LogP contribution < -0.4 is 20.8 Å². The highest BCUT2D eigenvalue weighted by Gasteiger charge is 2.45. The van der Waals surface area contributed by atoms with E-state index < -0.39 is 11.6 Å². The smallest absolute Gasteiger partial charge is 0.343 e. The summed E-state index contributed by atoms with van der Waals surface area (Å²) in [4.78, 5) is 31.0. The maximum atomic E-state index is 13.6. The first kappa shape index (κ1) is 21.0. The zero-order valence-electron chi connectivity index (χ0n) is 19.3. The number of nitrogens with zero attached hydrogens (tertiary/aromatic N) is 2. The highest BCUT2D eigenvalue weighted by molar-refractivity contribution is 6.01. The van der Waals surface area contributed by atoms with Crippen molar-refractivity contribution in [1.82, 2.24) is 9.55 Å². The van der Waals surface area contributed by atoms with Crippen LogP contribution in [0.3, 0.4) is 0 Å². The van der Waals surface area contributed by atoms with Crippen LogP contribution in [0.4, 0.5) is 5.69 Å². The number of rotatable bonds is 2. The molecule has 2 aromatic heterocycles. The molecule has 0 aliphatic carbocycles. The number of carbonyl (C=O) groups excluding carboxylic acids is 1. The summed E-state index contributed by atoms with van der Waals surface area (Å²) >= 11 is 0. The van der Waals surface area contributed by atoms with Gasteiger partial charge in [0.1, 0.15) is 6.61 Å². The molecule has 0 unspecified atom stereocenters. The number of esters is 1. The minimum Gasteiger partial charge on any atom is -0.458 e. The van der Waals surface area contributed by atoms with E-state index in [9.17, 15) is 14.7 Å². The number of aromatic nitrogens is 2. The van der Waals surface area contributed by atoms with Gasteiger partial charge in [0.15, 0.2) is 17.1 Å². The second-order valence-corrected chi connectivity index (χ2v) is 9.26. The fourth-order valence-corrected chi connectivity index (χ4v) is 5.45. The number of aliphatic hydroxyl groups is 1. The monoisotopic (exact) mass is 483 g/mol. The van der Waals surface area contributed by atoms with Gasteiger partial charge in [-0.1, -0.05) is 19.1 Å². The fourth-order valence-electron chi connectivity index (χ4n) is 5.45. The van der Waals surface area contributed by atoms with E-state index in [-0.39, 0.29) is 43.1 Å². The van der Waals surface area contributed by atoms with E-state index in [0.29, 0.717) is 34.1 Å². The van der Waals surface area contributed by atoms with Gasteiger partial charge in [-0.2, -0.15) is 0 Å². The Bertz CT molecular complexity index is 1690. The van der Waals surface area contributed by atoms with Crippen LogP contribution in [0.15, 0.2) is 47.3 Å². The Kier molecular flexibility index (Phi) is 4.12. The summed E-state index contributed by atoms with van der Waals surface area (Å²) in [6.07, 6.45) is 0.0832. The molecule has 3 aliphatic heterocycles. The second-order valence-electron chi connectivity index (χ2n) is 9.26. The highest BCUT2D eigenvalue weighted by Crippen LogP contribution is 2.46. The third-order valence-electron chi connectivity index (χ3n) is 7.38. The first-order valence-corrected chi connectivity index (χ1v) is 11.7.